The van der Waals surface area contributed by atoms with Crippen LogP contribution < -0.4 is 4.74 Å². The number of methoxy groups -OCH3 is 1. The number of aliphatic carboxylic acids is 1. The first-order chi connectivity index (χ1) is 10.0. The van der Waals surface area contributed by atoms with Gasteiger partial charge in [0.2, 0.25) is 5.88 Å². The number of carbonyl (C=O) groups is 1. The molecule has 0 aromatic carbocycles. The number of nitrogens with zero attached hydrogens (tertiary/aromatic N) is 4. The highest BCUT2D eigenvalue weighted by Gasteiger charge is 2.20. The van der Waals surface area contributed by atoms with Crippen molar-refractivity contribution in [2.45, 2.75) is 19.9 Å². The van der Waals surface area contributed by atoms with Gasteiger partial charge in [0.25, 0.3) is 0 Å². The Morgan fingerprint density at radius 3 is 2.62 bits per heavy atom. The Hall–Kier alpha value is -1.60. The van der Waals surface area contributed by atoms with Gasteiger partial charge in [-0.2, -0.15) is 5.10 Å². The maximum atomic E-state index is 10.8. The van der Waals surface area contributed by atoms with E-state index in [4.69, 9.17) is 9.84 Å². The molecule has 0 saturated carbocycles. The number of hydrogen-bond acceptors (Lipinski definition) is 5. The molecule has 118 valence electrons. The maximum absolute atomic E-state index is 10.8. The van der Waals surface area contributed by atoms with Crippen molar-refractivity contribution in [2.75, 3.05) is 39.8 Å². The second-order valence-electron chi connectivity index (χ2n) is 5.50. The van der Waals surface area contributed by atoms with Gasteiger partial charge in [-0.15, -0.1) is 0 Å². The van der Waals surface area contributed by atoms with Gasteiger partial charge in [-0.25, -0.2) is 4.68 Å². The lowest BCUT2D eigenvalue weighted by Crippen LogP contribution is -2.34. The van der Waals surface area contributed by atoms with Crippen LogP contribution in [0.3, 0.4) is 0 Å². The van der Waals surface area contributed by atoms with Crippen LogP contribution in [-0.2, 0) is 18.4 Å². The molecule has 0 unspecified atom stereocenters. The fraction of sp³-hybridized carbons (Fsp3) is 0.714. The van der Waals surface area contributed by atoms with E-state index in [9.17, 15) is 4.79 Å². The smallest absolute Gasteiger partial charge is 0.317 e. The number of aryl methyl sites for hydroxylation is 2. The fourth-order valence-electron chi connectivity index (χ4n) is 2.87. The van der Waals surface area contributed by atoms with E-state index in [1.807, 2.05) is 18.9 Å². The Bertz CT molecular complexity index is 501. The largest absolute Gasteiger partial charge is 0.481 e. The molecule has 7 heteroatoms. The molecule has 2 heterocycles. The summed E-state index contributed by atoms with van der Waals surface area (Å²) in [6.07, 6.45) is 0.981. The van der Waals surface area contributed by atoms with E-state index in [-0.39, 0.29) is 6.54 Å². The fourth-order valence-corrected chi connectivity index (χ4v) is 2.87. The van der Waals surface area contributed by atoms with Crippen LogP contribution in [0.15, 0.2) is 0 Å². The highest BCUT2D eigenvalue weighted by atomic mass is 16.5. The summed E-state index contributed by atoms with van der Waals surface area (Å²) in [5.41, 5.74) is 2.10. The first-order valence-electron chi connectivity index (χ1n) is 7.24. The normalized spacial score (nSPS) is 17.7. The molecular formula is C14H24N4O3. The van der Waals surface area contributed by atoms with Crippen molar-refractivity contribution >= 4 is 5.97 Å². The third-order valence-electron chi connectivity index (χ3n) is 3.90. The molecule has 2 rings (SSSR count). The van der Waals surface area contributed by atoms with Crippen molar-refractivity contribution in [3.8, 4) is 5.88 Å². The Morgan fingerprint density at radius 2 is 1.95 bits per heavy atom. The Labute approximate surface area is 125 Å². The third-order valence-corrected chi connectivity index (χ3v) is 3.90. The SMILES string of the molecule is COc1c(CN2CCCN(CC(=O)O)CC2)c(C)nn1C. The van der Waals surface area contributed by atoms with Crippen LogP contribution in [0.2, 0.25) is 0 Å². The summed E-state index contributed by atoms with van der Waals surface area (Å²) in [5.74, 6) is 0.0485. The van der Waals surface area contributed by atoms with Crippen LogP contribution in [0, 0.1) is 6.92 Å². The van der Waals surface area contributed by atoms with Crippen molar-refractivity contribution in [2.24, 2.45) is 7.05 Å². The number of carboxylic acids is 1. The molecule has 1 saturated heterocycles. The van der Waals surface area contributed by atoms with Crippen LogP contribution in [0.4, 0.5) is 0 Å². The van der Waals surface area contributed by atoms with Gasteiger partial charge in [0.15, 0.2) is 0 Å². The Kier molecular flexibility index (Phi) is 5.19. The zero-order valence-electron chi connectivity index (χ0n) is 13.0. The van der Waals surface area contributed by atoms with Gasteiger partial charge in [0.05, 0.1) is 24.9 Å². The Balaban J connectivity index is 1.99. The Morgan fingerprint density at radius 1 is 1.29 bits per heavy atom. The van der Waals surface area contributed by atoms with Crippen LogP contribution in [0.5, 0.6) is 5.88 Å². The average Bonchev–Trinajstić information content (AvgIpc) is 2.58. The molecule has 0 bridgehead atoms. The molecule has 0 atom stereocenters. The summed E-state index contributed by atoms with van der Waals surface area (Å²) in [7, 11) is 3.54. The van der Waals surface area contributed by atoms with E-state index in [2.05, 4.69) is 10.00 Å². The molecule has 0 amide bonds. The van der Waals surface area contributed by atoms with Crippen molar-refractivity contribution in [3.63, 3.8) is 0 Å². The van der Waals surface area contributed by atoms with Crippen molar-refractivity contribution in [3.05, 3.63) is 11.3 Å². The maximum Gasteiger partial charge on any atom is 0.317 e. The third kappa shape index (κ3) is 3.95. The summed E-state index contributed by atoms with van der Waals surface area (Å²) >= 11 is 0. The van der Waals surface area contributed by atoms with Crippen molar-refractivity contribution < 1.29 is 14.6 Å². The summed E-state index contributed by atoms with van der Waals surface area (Å²) < 4.78 is 7.19. The van der Waals surface area contributed by atoms with Gasteiger partial charge in [-0.1, -0.05) is 0 Å². The lowest BCUT2D eigenvalue weighted by Gasteiger charge is -2.21. The summed E-state index contributed by atoms with van der Waals surface area (Å²) in [6.45, 7) is 6.37. The van der Waals surface area contributed by atoms with Crippen LogP contribution in [0.25, 0.3) is 0 Å². The van der Waals surface area contributed by atoms with Gasteiger partial charge < -0.3 is 9.84 Å². The van der Waals surface area contributed by atoms with E-state index < -0.39 is 5.97 Å². The minimum atomic E-state index is -0.756. The first-order valence-corrected chi connectivity index (χ1v) is 7.24. The molecular weight excluding hydrogens is 272 g/mol. The molecule has 21 heavy (non-hydrogen) atoms. The topological polar surface area (TPSA) is 70.8 Å². The molecule has 1 N–H and O–H groups in total. The summed E-state index contributed by atoms with van der Waals surface area (Å²) in [6, 6.07) is 0. The summed E-state index contributed by atoms with van der Waals surface area (Å²) in [5, 5.41) is 13.3. The number of aromatic nitrogens is 2. The van der Waals surface area contributed by atoms with Crippen LogP contribution in [0.1, 0.15) is 17.7 Å². The molecule has 7 nitrogen and oxygen atoms in total. The second-order valence-corrected chi connectivity index (χ2v) is 5.50. The minimum Gasteiger partial charge on any atom is -0.481 e. The molecule has 1 aromatic rings. The monoisotopic (exact) mass is 296 g/mol. The zero-order chi connectivity index (χ0) is 15.4. The predicted molar refractivity (Wildman–Crippen MR) is 78.5 cm³/mol. The molecule has 1 fully saturated rings. The van der Waals surface area contributed by atoms with E-state index in [1.165, 1.54) is 0 Å². The molecule has 0 spiro atoms. The molecule has 0 aliphatic carbocycles. The van der Waals surface area contributed by atoms with E-state index in [0.29, 0.717) is 0 Å². The van der Waals surface area contributed by atoms with Crippen LogP contribution >= 0.6 is 0 Å². The summed E-state index contributed by atoms with van der Waals surface area (Å²) in [4.78, 5) is 15.1. The van der Waals surface area contributed by atoms with Gasteiger partial charge in [0.1, 0.15) is 0 Å². The molecule has 1 aromatic heterocycles. The lowest BCUT2D eigenvalue weighted by atomic mass is 10.2. The van der Waals surface area contributed by atoms with E-state index in [0.717, 1.165) is 56.3 Å². The molecule has 1 aliphatic rings. The second kappa shape index (κ2) is 6.91. The highest BCUT2D eigenvalue weighted by Crippen LogP contribution is 2.23. The van der Waals surface area contributed by atoms with Gasteiger partial charge >= 0.3 is 5.97 Å². The predicted octanol–water partition coefficient (Wildman–Crippen LogP) is 0.329. The minimum absolute atomic E-state index is 0.128. The molecule has 1 aliphatic heterocycles. The van der Waals surface area contributed by atoms with E-state index in [1.54, 1.807) is 11.8 Å². The standard InChI is InChI=1S/C14H24N4O3/c1-11-12(14(21-3)16(2)15-11)9-17-5-4-6-18(8-7-17)10-13(19)20/h4-10H2,1-3H3,(H,19,20). The van der Waals surface area contributed by atoms with Gasteiger partial charge in [-0.3, -0.25) is 14.6 Å². The van der Waals surface area contributed by atoms with Crippen molar-refractivity contribution in [1.82, 2.24) is 19.6 Å². The number of carboxylic acid groups (broad SMARTS) is 1. The quantitative estimate of drug-likeness (QED) is 0.844. The molecule has 0 radical (unpaired) electrons. The first kappa shape index (κ1) is 15.8. The van der Waals surface area contributed by atoms with E-state index >= 15 is 0 Å². The van der Waals surface area contributed by atoms with Crippen LogP contribution in [-0.4, -0.2) is 70.5 Å². The zero-order valence-corrected chi connectivity index (χ0v) is 13.0. The number of ether oxygens (including phenoxy) is 1. The number of rotatable bonds is 5. The highest BCUT2D eigenvalue weighted by molar-refractivity contribution is 5.69. The number of hydrogen-bond donors (Lipinski definition) is 1. The van der Waals surface area contributed by atoms with Gasteiger partial charge in [-0.05, 0) is 19.9 Å². The average molecular weight is 296 g/mol. The van der Waals surface area contributed by atoms with Gasteiger partial charge in [0, 0.05) is 33.2 Å². The van der Waals surface area contributed by atoms with Crippen molar-refractivity contribution in [1.29, 1.82) is 0 Å². The lowest BCUT2D eigenvalue weighted by molar-refractivity contribution is -0.138.